The Morgan fingerprint density at radius 3 is 2.11 bits per heavy atom. The van der Waals surface area contributed by atoms with Crippen molar-refractivity contribution in [2.75, 3.05) is 6.54 Å². The van der Waals surface area contributed by atoms with E-state index in [-0.39, 0.29) is 18.8 Å². The molecule has 4 N–H and O–H groups in total. The van der Waals surface area contributed by atoms with E-state index in [4.69, 9.17) is 10.2 Å². The van der Waals surface area contributed by atoms with E-state index in [9.17, 15) is 14.4 Å². The van der Waals surface area contributed by atoms with Crippen LogP contribution in [0.4, 0.5) is 4.79 Å². The number of nitrogens with one attached hydrogen (secondary N) is 2. The van der Waals surface area contributed by atoms with Gasteiger partial charge in [0.05, 0.1) is 0 Å². The highest BCUT2D eigenvalue weighted by molar-refractivity contribution is 5.82. The van der Waals surface area contributed by atoms with Gasteiger partial charge in [0.1, 0.15) is 6.04 Å². The highest BCUT2D eigenvalue weighted by Gasteiger charge is 2.21. The zero-order valence-electron chi connectivity index (χ0n) is 11.5. The van der Waals surface area contributed by atoms with Crippen LogP contribution in [0.5, 0.6) is 0 Å². The second kappa shape index (κ2) is 8.34. The standard InChI is InChI=1S/C12H22N2O5/c1-7(2)8(3)6-13-12(19)14-9(11(17)18)4-5-10(15)16/h7-9H,4-6H2,1-3H3,(H,15,16)(H,17,18)(H2,13,14,19)/t8?,9-/m0/s1. The summed E-state index contributed by atoms with van der Waals surface area (Å²) in [6.07, 6.45) is -0.447. The Morgan fingerprint density at radius 2 is 1.68 bits per heavy atom. The Balaban J connectivity index is 4.17. The van der Waals surface area contributed by atoms with Crippen LogP contribution in [0.2, 0.25) is 0 Å². The van der Waals surface area contributed by atoms with Gasteiger partial charge in [0.25, 0.3) is 0 Å². The number of carbonyl (C=O) groups excluding carboxylic acids is 1. The second-order valence-electron chi connectivity index (χ2n) is 4.90. The van der Waals surface area contributed by atoms with Gasteiger partial charge in [0, 0.05) is 13.0 Å². The highest BCUT2D eigenvalue weighted by atomic mass is 16.4. The van der Waals surface area contributed by atoms with Crippen molar-refractivity contribution in [1.82, 2.24) is 10.6 Å². The summed E-state index contributed by atoms with van der Waals surface area (Å²) in [7, 11) is 0. The molecule has 1 unspecified atom stereocenters. The van der Waals surface area contributed by atoms with E-state index in [1.165, 1.54) is 0 Å². The molecular weight excluding hydrogens is 252 g/mol. The molecule has 0 aromatic carbocycles. The van der Waals surface area contributed by atoms with E-state index in [1.54, 1.807) is 0 Å². The van der Waals surface area contributed by atoms with Gasteiger partial charge in [-0.3, -0.25) is 4.79 Å². The Labute approximate surface area is 112 Å². The molecule has 0 heterocycles. The summed E-state index contributed by atoms with van der Waals surface area (Å²) in [5.74, 6) is -1.66. The second-order valence-corrected chi connectivity index (χ2v) is 4.90. The lowest BCUT2D eigenvalue weighted by Gasteiger charge is -2.18. The molecule has 19 heavy (non-hydrogen) atoms. The third kappa shape index (κ3) is 8.01. The summed E-state index contributed by atoms with van der Waals surface area (Å²) in [5.41, 5.74) is 0. The number of hydrogen-bond acceptors (Lipinski definition) is 3. The molecule has 0 aromatic rings. The van der Waals surface area contributed by atoms with Crippen molar-refractivity contribution in [3.05, 3.63) is 0 Å². The largest absolute Gasteiger partial charge is 0.481 e. The van der Waals surface area contributed by atoms with E-state index in [1.807, 2.05) is 20.8 Å². The number of rotatable bonds is 8. The average Bonchev–Trinajstić information content (AvgIpc) is 2.30. The predicted molar refractivity (Wildman–Crippen MR) is 68.8 cm³/mol. The lowest BCUT2D eigenvalue weighted by Crippen LogP contribution is -2.47. The summed E-state index contributed by atoms with van der Waals surface area (Å²) < 4.78 is 0. The number of amides is 2. The number of hydrogen-bond donors (Lipinski definition) is 4. The van der Waals surface area contributed by atoms with Gasteiger partial charge >= 0.3 is 18.0 Å². The number of carboxylic acids is 2. The Morgan fingerprint density at radius 1 is 1.11 bits per heavy atom. The summed E-state index contributed by atoms with van der Waals surface area (Å²) in [6, 6.07) is -1.78. The van der Waals surface area contributed by atoms with Crippen LogP contribution in [0.25, 0.3) is 0 Å². The third-order valence-electron chi connectivity index (χ3n) is 2.97. The highest BCUT2D eigenvalue weighted by Crippen LogP contribution is 2.07. The molecule has 0 aliphatic rings. The van der Waals surface area contributed by atoms with E-state index in [0.717, 1.165) is 0 Å². The maximum atomic E-state index is 11.5. The van der Waals surface area contributed by atoms with Crippen LogP contribution in [0.15, 0.2) is 0 Å². The molecule has 2 amide bonds. The van der Waals surface area contributed by atoms with Crippen LogP contribution in [0.1, 0.15) is 33.6 Å². The quantitative estimate of drug-likeness (QED) is 0.524. The number of carboxylic acid groups (broad SMARTS) is 2. The van der Waals surface area contributed by atoms with Gasteiger partial charge < -0.3 is 20.8 Å². The van der Waals surface area contributed by atoms with Crippen LogP contribution < -0.4 is 10.6 Å². The fourth-order valence-corrected chi connectivity index (χ4v) is 1.22. The number of urea groups is 1. The molecule has 0 rings (SSSR count). The van der Waals surface area contributed by atoms with E-state index in [0.29, 0.717) is 12.5 Å². The van der Waals surface area contributed by atoms with Crippen LogP contribution in [-0.4, -0.2) is 40.8 Å². The normalized spacial score (nSPS) is 13.7. The van der Waals surface area contributed by atoms with Crippen molar-refractivity contribution in [3.63, 3.8) is 0 Å². The molecule has 0 bridgehead atoms. The number of aliphatic carboxylic acids is 2. The molecule has 0 fully saturated rings. The minimum absolute atomic E-state index is 0.141. The van der Waals surface area contributed by atoms with Crippen LogP contribution >= 0.6 is 0 Å². The maximum Gasteiger partial charge on any atom is 0.326 e. The SMILES string of the molecule is CC(C)C(C)CNC(=O)N[C@@H](CCC(=O)O)C(=O)O. The first kappa shape index (κ1) is 17.2. The van der Waals surface area contributed by atoms with Gasteiger partial charge in [-0.2, -0.15) is 0 Å². The summed E-state index contributed by atoms with van der Waals surface area (Å²) in [5, 5.41) is 22.2. The minimum atomic E-state index is -1.24. The fourth-order valence-electron chi connectivity index (χ4n) is 1.22. The molecule has 110 valence electrons. The zero-order valence-corrected chi connectivity index (χ0v) is 11.5. The van der Waals surface area contributed by atoms with Gasteiger partial charge in [0.15, 0.2) is 0 Å². The lowest BCUT2D eigenvalue weighted by atomic mass is 9.98. The van der Waals surface area contributed by atoms with Gasteiger partial charge in [-0.05, 0) is 18.3 Å². The van der Waals surface area contributed by atoms with Gasteiger partial charge in [-0.25, -0.2) is 9.59 Å². The first-order valence-electron chi connectivity index (χ1n) is 6.23. The van der Waals surface area contributed by atoms with Crippen molar-refractivity contribution in [2.24, 2.45) is 11.8 Å². The molecule has 0 radical (unpaired) electrons. The zero-order chi connectivity index (χ0) is 15.0. The van der Waals surface area contributed by atoms with Gasteiger partial charge in [-0.15, -0.1) is 0 Å². The molecule has 2 atom stereocenters. The monoisotopic (exact) mass is 274 g/mol. The fraction of sp³-hybridized carbons (Fsp3) is 0.750. The first-order valence-corrected chi connectivity index (χ1v) is 6.23. The van der Waals surface area contributed by atoms with Crippen molar-refractivity contribution in [1.29, 1.82) is 0 Å². The molecule has 0 aliphatic carbocycles. The minimum Gasteiger partial charge on any atom is -0.481 e. The van der Waals surface area contributed by atoms with E-state index >= 15 is 0 Å². The molecule has 7 nitrogen and oxygen atoms in total. The Bertz CT molecular complexity index is 330. The maximum absolute atomic E-state index is 11.5. The van der Waals surface area contributed by atoms with Crippen LogP contribution in [0.3, 0.4) is 0 Å². The van der Waals surface area contributed by atoms with E-state index in [2.05, 4.69) is 10.6 Å². The van der Waals surface area contributed by atoms with E-state index < -0.39 is 24.0 Å². The third-order valence-corrected chi connectivity index (χ3v) is 2.97. The molecule has 7 heteroatoms. The Kier molecular flexibility index (Phi) is 7.55. The number of carbonyl (C=O) groups is 3. The molecule has 0 saturated heterocycles. The lowest BCUT2D eigenvalue weighted by molar-refractivity contribution is -0.140. The van der Waals surface area contributed by atoms with Crippen molar-refractivity contribution < 1.29 is 24.6 Å². The first-order chi connectivity index (χ1) is 8.73. The van der Waals surface area contributed by atoms with Gasteiger partial charge in [0.2, 0.25) is 0 Å². The topological polar surface area (TPSA) is 116 Å². The van der Waals surface area contributed by atoms with Crippen molar-refractivity contribution in [3.8, 4) is 0 Å². The summed E-state index contributed by atoms with van der Waals surface area (Å²) >= 11 is 0. The van der Waals surface area contributed by atoms with Crippen LogP contribution in [-0.2, 0) is 9.59 Å². The van der Waals surface area contributed by atoms with Gasteiger partial charge in [-0.1, -0.05) is 20.8 Å². The molecule has 0 aliphatic heterocycles. The smallest absolute Gasteiger partial charge is 0.326 e. The predicted octanol–water partition coefficient (Wildman–Crippen LogP) is 0.896. The molecule has 0 aromatic heterocycles. The molecule has 0 saturated carbocycles. The summed E-state index contributed by atoms with van der Waals surface area (Å²) in [4.78, 5) is 32.7. The average molecular weight is 274 g/mol. The van der Waals surface area contributed by atoms with Crippen molar-refractivity contribution in [2.45, 2.75) is 39.7 Å². The summed E-state index contributed by atoms with van der Waals surface area (Å²) in [6.45, 7) is 6.47. The molecule has 0 spiro atoms. The van der Waals surface area contributed by atoms with Crippen molar-refractivity contribution >= 4 is 18.0 Å². The molecular formula is C12H22N2O5. The Hall–Kier alpha value is -1.79. The van der Waals surface area contributed by atoms with Crippen LogP contribution in [0, 0.1) is 11.8 Å².